The molecule has 0 aliphatic heterocycles. The van der Waals surface area contributed by atoms with E-state index >= 15 is 0 Å². The first-order valence-corrected chi connectivity index (χ1v) is 5.48. The maximum Gasteiger partial charge on any atom is 0.314 e. The van der Waals surface area contributed by atoms with Crippen LogP contribution in [0.4, 0.5) is 4.79 Å². The quantitative estimate of drug-likeness (QED) is 0.580. The number of nitrogens with zero attached hydrogens (tertiary/aromatic N) is 1. The molecule has 96 valence electrons. The average Bonchev–Trinajstić information content (AvgIpc) is 2.21. The molecule has 0 bridgehead atoms. The third-order valence-electron chi connectivity index (χ3n) is 2.14. The second-order valence-electron chi connectivity index (χ2n) is 4.61. The number of rotatable bonds is 7. The van der Waals surface area contributed by atoms with Crippen LogP contribution in [0.5, 0.6) is 0 Å². The summed E-state index contributed by atoms with van der Waals surface area (Å²) in [5, 5.41) is 22.2. The third kappa shape index (κ3) is 9.18. The monoisotopic (exact) mass is 241 g/mol. The highest BCUT2D eigenvalue weighted by Crippen LogP contribution is 2.17. The standard InChI is InChI=1S/C11H19N3O3/c1-11(2,5-6-12)8-14-10(17)13-7-3-4-9(15)16/h3-5,7-8H2,1-2H3,(H,15,16)(H2,13,14,17). The summed E-state index contributed by atoms with van der Waals surface area (Å²) in [7, 11) is 0. The number of hydrogen-bond acceptors (Lipinski definition) is 3. The van der Waals surface area contributed by atoms with Crippen molar-refractivity contribution in [2.75, 3.05) is 13.1 Å². The zero-order chi connectivity index (χ0) is 13.3. The fraction of sp³-hybridized carbons (Fsp3) is 0.727. The molecule has 0 aromatic rings. The highest BCUT2D eigenvalue weighted by atomic mass is 16.4. The van der Waals surface area contributed by atoms with Crippen molar-refractivity contribution in [1.29, 1.82) is 5.26 Å². The Hall–Kier alpha value is -1.77. The van der Waals surface area contributed by atoms with E-state index in [9.17, 15) is 9.59 Å². The number of aliphatic carboxylic acids is 1. The molecule has 0 atom stereocenters. The van der Waals surface area contributed by atoms with Gasteiger partial charge in [0.1, 0.15) is 0 Å². The fourth-order valence-electron chi connectivity index (χ4n) is 1.10. The Bertz CT molecular complexity index is 308. The highest BCUT2D eigenvalue weighted by molar-refractivity contribution is 5.74. The number of nitriles is 1. The summed E-state index contributed by atoms with van der Waals surface area (Å²) < 4.78 is 0. The molecule has 0 heterocycles. The molecular weight excluding hydrogens is 222 g/mol. The molecule has 0 saturated heterocycles. The minimum atomic E-state index is -0.873. The van der Waals surface area contributed by atoms with Crippen LogP contribution in [0.25, 0.3) is 0 Å². The average molecular weight is 241 g/mol. The second kappa shape index (κ2) is 7.49. The van der Waals surface area contributed by atoms with Crippen LogP contribution in [0.1, 0.15) is 33.1 Å². The lowest BCUT2D eigenvalue weighted by atomic mass is 9.90. The van der Waals surface area contributed by atoms with Gasteiger partial charge in [-0.15, -0.1) is 0 Å². The van der Waals surface area contributed by atoms with Gasteiger partial charge in [0.15, 0.2) is 0 Å². The molecular formula is C11H19N3O3. The number of hydrogen-bond donors (Lipinski definition) is 3. The second-order valence-corrected chi connectivity index (χ2v) is 4.61. The van der Waals surface area contributed by atoms with Gasteiger partial charge in [0.05, 0.1) is 6.07 Å². The fourth-order valence-corrected chi connectivity index (χ4v) is 1.10. The molecule has 2 amide bonds. The molecule has 6 heteroatoms. The number of carboxylic acid groups (broad SMARTS) is 1. The molecule has 0 saturated carbocycles. The van der Waals surface area contributed by atoms with E-state index in [0.717, 1.165) is 0 Å². The van der Waals surface area contributed by atoms with Crippen molar-refractivity contribution >= 4 is 12.0 Å². The van der Waals surface area contributed by atoms with Gasteiger partial charge in [-0.05, 0) is 11.8 Å². The van der Waals surface area contributed by atoms with E-state index in [1.807, 2.05) is 13.8 Å². The van der Waals surface area contributed by atoms with Crippen molar-refractivity contribution in [3.8, 4) is 6.07 Å². The smallest absolute Gasteiger partial charge is 0.314 e. The molecule has 0 unspecified atom stereocenters. The number of carboxylic acids is 1. The molecule has 17 heavy (non-hydrogen) atoms. The maximum absolute atomic E-state index is 11.3. The first-order chi connectivity index (χ1) is 7.87. The van der Waals surface area contributed by atoms with Crippen molar-refractivity contribution < 1.29 is 14.7 Å². The van der Waals surface area contributed by atoms with Gasteiger partial charge in [0, 0.05) is 25.9 Å². The molecule has 0 aliphatic rings. The molecule has 0 aromatic heterocycles. The summed E-state index contributed by atoms with van der Waals surface area (Å²) in [5.74, 6) is -0.873. The predicted octanol–water partition coefficient (Wildman–Crippen LogP) is 1.09. The van der Waals surface area contributed by atoms with E-state index in [-0.39, 0.29) is 17.9 Å². The third-order valence-corrected chi connectivity index (χ3v) is 2.14. The van der Waals surface area contributed by atoms with Crippen molar-refractivity contribution in [2.45, 2.75) is 33.1 Å². The summed E-state index contributed by atoms with van der Waals surface area (Å²) >= 11 is 0. The number of amides is 2. The first-order valence-electron chi connectivity index (χ1n) is 5.48. The van der Waals surface area contributed by atoms with E-state index in [4.69, 9.17) is 10.4 Å². The van der Waals surface area contributed by atoms with Crippen LogP contribution in [0, 0.1) is 16.7 Å². The van der Waals surface area contributed by atoms with Crippen molar-refractivity contribution in [2.24, 2.45) is 5.41 Å². The van der Waals surface area contributed by atoms with Crippen molar-refractivity contribution in [3.05, 3.63) is 0 Å². The minimum Gasteiger partial charge on any atom is -0.481 e. The molecule has 0 rings (SSSR count). The summed E-state index contributed by atoms with van der Waals surface area (Å²) in [5.41, 5.74) is -0.257. The van der Waals surface area contributed by atoms with Gasteiger partial charge in [-0.25, -0.2) is 4.79 Å². The normalized spacial score (nSPS) is 10.4. The predicted molar refractivity (Wildman–Crippen MR) is 62.3 cm³/mol. The molecule has 0 aliphatic carbocycles. The van der Waals surface area contributed by atoms with E-state index in [1.54, 1.807) is 0 Å². The van der Waals surface area contributed by atoms with Gasteiger partial charge in [-0.3, -0.25) is 4.79 Å². The topological polar surface area (TPSA) is 102 Å². The van der Waals surface area contributed by atoms with Gasteiger partial charge >= 0.3 is 12.0 Å². The van der Waals surface area contributed by atoms with E-state index in [1.165, 1.54) is 0 Å². The van der Waals surface area contributed by atoms with Crippen LogP contribution in [0.2, 0.25) is 0 Å². The number of carbonyl (C=O) groups is 2. The van der Waals surface area contributed by atoms with Crippen LogP contribution in [-0.2, 0) is 4.79 Å². The molecule has 3 N–H and O–H groups in total. The zero-order valence-corrected chi connectivity index (χ0v) is 10.2. The molecule has 0 aromatic carbocycles. The van der Waals surface area contributed by atoms with Crippen LogP contribution >= 0.6 is 0 Å². The number of carbonyl (C=O) groups excluding carboxylic acids is 1. The Morgan fingerprint density at radius 1 is 1.35 bits per heavy atom. The van der Waals surface area contributed by atoms with Gasteiger partial charge in [0.2, 0.25) is 0 Å². The first kappa shape index (κ1) is 15.2. The molecule has 0 radical (unpaired) electrons. The summed E-state index contributed by atoms with van der Waals surface area (Å²) in [6, 6.07) is 1.73. The minimum absolute atomic E-state index is 0.0419. The SMILES string of the molecule is CC(C)(CC#N)CNC(=O)NCCCC(=O)O. The van der Waals surface area contributed by atoms with Crippen molar-refractivity contribution in [3.63, 3.8) is 0 Å². The Morgan fingerprint density at radius 2 is 2.00 bits per heavy atom. The van der Waals surface area contributed by atoms with Crippen LogP contribution in [0.3, 0.4) is 0 Å². The Labute approximate surface area is 101 Å². The van der Waals surface area contributed by atoms with Gasteiger partial charge in [-0.1, -0.05) is 13.8 Å². The van der Waals surface area contributed by atoms with E-state index in [2.05, 4.69) is 16.7 Å². The van der Waals surface area contributed by atoms with Gasteiger partial charge < -0.3 is 15.7 Å². The lowest BCUT2D eigenvalue weighted by molar-refractivity contribution is -0.137. The summed E-state index contributed by atoms with van der Waals surface area (Å²) in [6.45, 7) is 4.52. The van der Waals surface area contributed by atoms with Gasteiger partial charge in [-0.2, -0.15) is 5.26 Å². The Kier molecular flexibility index (Phi) is 6.71. The Morgan fingerprint density at radius 3 is 2.53 bits per heavy atom. The van der Waals surface area contributed by atoms with E-state index < -0.39 is 5.97 Å². The van der Waals surface area contributed by atoms with Crippen LogP contribution in [0.15, 0.2) is 0 Å². The number of nitrogens with one attached hydrogen (secondary N) is 2. The molecule has 0 fully saturated rings. The largest absolute Gasteiger partial charge is 0.481 e. The highest BCUT2D eigenvalue weighted by Gasteiger charge is 2.18. The summed E-state index contributed by atoms with van der Waals surface area (Å²) in [4.78, 5) is 21.5. The van der Waals surface area contributed by atoms with E-state index in [0.29, 0.717) is 25.9 Å². The van der Waals surface area contributed by atoms with Crippen LogP contribution in [-0.4, -0.2) is 30.2 Å². The Balaban J connectivity index is 3.67. The van der Waals surface area contributed by atoms with Crippen molar-refractivity contribution in [1.82, 2.24) is 10.6 Å². The van der Waals surface area contributed by atoms with Gasteiger partial charge in [0.25, 0.3) is 0 Å². The summed E-state index contributed by atoms with van der Waals surface area (Å²) in [6.07, 6.45) is 0.816. The molecule has 0 spiro atoms. The maximum atomic E-state index is 11.3. The lowest BCUT2D eigenvalue weighted by Gasteiger charge is -2.21. The lowest BCUT2D eigenvalue weighted by Crippen LogP contribution is -2.41. The zero-order valence-electron chi connectivity index (χ0n) is 10.2. The van der Waals surface area contributed by atoms with Crippen LogP contribution < -0.4 is 10.6 Å². The molecule has 6 nitrogen and oxygen atoms in total. The number of urea groups is 1.